The van der Waals surface area contributed by atoms with Gasteiger partial charge in [-0.2, -0.15) is 0 Å². The van der Waals surface area contributed by atoms with Crippen LogP contribution in [0.25, 0.3) is 0 Å². The molecule has 1 atom stereocenters. The third-order valence-electron chi connectivity index (χ3n) is 6.81. The van der Waals surface area contributed by atoms with Crippen molar-refractivity contribution in [2.45, 2.75) is 25.6 Å². The van der Waals surface area contributed by atoms with Crippen molar-refractivity contribution in [3.8, 4) is 0 Å². The number of nitrogens with zero attached hydrogens (tertiary/aromatic N) is 4. The first-order chi connectivity index (χ1) is 18.5. The van der Waals surface area contributed by atoms with Gasteiger partial charge in [0.15, 0.2) is 0 Å². The van der Waals surface area contributed by atoms with E-state index in [1.165, 1.54) is 0 Å². The van der Waals surface area contributed by atoms with Crippen molar-refractivity contribution in [2.75, 3.05) is 10.2 Å². The number of hydrogen-bond donors (Lipinski definition) is 1. The molecule has 6 rings (SSSR count). The number of fused-ring (bicyclic) bond motifs is 2. The van der Waals surface area contributed by atoms with Crippen molar-refractivity contribution in [3.63, 3.8) is 0 Å². The molecule has 8 nitrogen and oxygen atoms in total. The van der Waals surface area contributed by atoms with E-state index in [1.807, 2.05) is 48.5 Å². The van der Waals surface area contributed by atoms with E-state index in [9.17, 15) is 14.4 Å². The summed E-state index contributed by atoms with van der Waals surface area (Å²) in [4.78, 5) is 51.8. The standard InChI is InChI=1S/C29H22ClN5O3/c30-20-8-11-23-24(14-20)33-27(36)25(15-21-5-1-2-12-31-21)35(28(23)37)16-18-6-9-22(10-7-18)34-17-19-4-3-13-32-26(19)29(34)38/h1-14,25H,15-17H2,(H,33,36)/t25-/m1/s1. The summed E-state index contributed by atoms with van der Waals surface area (Å²) in [6.45, 7) is 0.652. The highest BCUT2D eigenvalue weighted by Crippen LogP contribution is 2.30. The average molecular weight is 524 g/mol. The van der Waals surface area contributed by atoms with Crippen LogP contribution in [0.4, 0.5) is 11.4 Å². The van der Waals surface area contributed by atoms with E-state index < -0.39 is 6.04 Å². The molecule has 2 aromatic heterocycles. The summed E-state index contributed by atoms with van der Waals surface area (Å²) in [6.07, 6.45) is 3.54. The molecule has 9 heteroatoms. The summed E-state index contributed by atoms with van der Waals surface area (Å²) < 4.78 is 0. The van der Waals surface area contributed by atoms with E-state index in [0.717, 1.165) is 16.8 Å². The van der Waals surface area contributed by atoms with Crippen LogP contribution in [0.2, 0.25) is 5.02 Å². The minimum Gasteiger partial charge on any atom is -0.323 e. The van der Waals surface area contributed by atoms with Gasteiger partial charge >= 0.3 is 0 Å². The summed E-state index contributed by atoms with van der Waals surface area (Å²) in [7, 11) is 0. The maximum atomic E-state index is 13.8. The zero-order valence-corrected chi connectivity index (χ0v) is 20.9. The minimum absolute atomic E-state index is 0.140. The van der Waals surface area contributed by atoms with Gasteiger partial charge in [0, 0.05) is 47.3 Å². The first kappa shape index (κ1) is 23.8. The molecule has 4 aromatic rings. The Labute approximate surface area is 223 Å². The second-order valence-electron chi connectivity index (χ2n) is 9.22. The number of aromatic nitrogens is 2. The Morgan fingerprint density at radius 1 is 0.895 bits per heavy atom. The van der Waals surface area contributed by atoms with Gasteiger partial charge in [-0.15, -0.1) is 0 Å². The third kappa shape index (κ3) is 4.39. The van der Waals surface area contributed by atoms with E-state index in [0.29, 0.717) is 34.2 Å². The minimum atomic E-state index is -0.788. The average Bonchev–Trinajstić information content (AvgIpc) is 3.23. The predicted molar refractivity (Wildman–Crippen MR) is 143 cm³/mol. The van der Waals surface area contributed by atoms with E-state index >= 15 is 0 Å². The number of amides is 3. The first-order valence-electron chi connectivity index (χ1n) is 12.1. The van der Waals surface area contributed by atoms with Gasteiger partial charge in [-0.3, -0.25) is 24.4 Å². The Bertz CT molecular complexity index is 1560. The molecule has 0 saturated carbocycles. The highest BCUT2D eigenvalue weighted by molar-refractivity contribution is 6.31. The molecule has 0 unspecified atom stereocenters. The van der Waals surface area contributed by atoms with E-state index in [1.54, 1.807) is 46.5 Å². The highest BCUT2D eigenvalue weighted by atomic mass is 35.5. The van der Waals surface area contributed by atoms with Crippen molar-refractivity contribution in [2.24, 2.45) is 0 Å². The van der Waals surface area contributed by atoms with Gasteiger partial charge in [-0.05, 0) is 54.1 Å². The predicted octanol–water partition coefficient (Wildman–Crippen LogP) is 4.50. The van der Waals surface area contributed by atoms with Crippen LogP contribution < -0.4 is 10.2 Å². The van der Waals surface area contributed by atoms with Gasteiger partial charge in [0.05, 0.1) is 17.8 Å². The third-order valence-corrected chi connectivity index (χ3v) is 7.04. The molecule has 0 aliphatic carbocycles. The fourth-order valence-electron chi connectivity index (χ4n) is 4.88. The van der Waals surface area contributed by atoms with Gasteiger partial charge in [-0.1, -0.05) is 35.9 Å². The topological polar surface area (TPSA) is 95.5 Å². The summed E-state index contributed by atoms with van der Waals surface area (Å²) in [6, 6.07) is 20.7. The lowest BCUT2D eigenvalue weighted by atomic mass is 10.1. The van der Waals surface area contributed by atoms with Gasteiger partial charge in [0.2, 0.25) is 5.91 Å². The summed E-state index contributed by atoms with van der Waals surface area (Å²) in [5.41, 5.74) is 4.37. The molecule has 2 aliphatic heterocycles. The van der Waals surface area contributed by atoms with Crippen molar-refractivity contribution < 1.29 is 14.4 Å². The van der Waals surface area contributed by atoms with Crippen LogP contribution in [0, 0.1) is 0 Å². The fraction of sp³-hybridized carbons (Fsp3) is 0.138. The smallest absolute Gasteiger partial charge is 0.277 e. The maximum Gasteiger partial charge on any atom is 0.277 e. The van der Waals surface area contributed by atoms with Crippen LogP contribution in [0.15, 0.2) is 85.2 Å². The summed E-state index contributed by atoms with van der Waals surface area (Å²) in [5.74, 6) is -0.732. The van der Waals surface area contributed by atoms with Crippen molar-refractivity contribution in [1.82, 2.24) is 14.9 Å². The number of anilines is 2. The lowest BCUT2D eigenvalue weighted by Gasteiger charge is -2.29. The lowest BCUT2D eigenvalue weighted by Crippen LogP contribution is -2.46. The SMILES string of the molecule is O=C1Nc2cc(Cl)ccc2C(=O)N(Cc2ccc(N3Cc4cccnc4C3=O)cc2)[C@@H]1Cc1ccccn1. The number of benzene rings is 2. The Hall–Kier alpha value is -4.56. The van der Waals surface area contributed by atoms with E-state index in [2.05, 4.69) is 15.3 Å². The van der Waals surface area contributed by atoms with Crippen LogP contribution in [-0.4, -0.2) is 38.6 Å². The molecular weight excluding hydrogens is 502 g/mol. The van der Waals surface area contributed by atoms with Crippen LogP contribution in [0.5, 0.6) is 0 Å². The molecule has 188 valence electrons. The maximum absolute atomic E-state index is 13.8. The number of pyridine rings is 2. The van der Waals surface area contributed by atoms with Crippen LogP contribution >= 0.6 is 11.6 Å². The lowest BCUT2D eigenvalue weighted by molar-refractivity contribution is -0.120. The Morgan fingerprint density at radius 2 is 1.71 bits per heavy atom. The number of hydrogen-bond acceptors (Lipinski definition) is 5. The van der Waals surface area contributed by atoms with Crippen molar-refractivity contribution in [1.29, 1.82) is 0 Å². The molecule has 2 aliphatic rings. The quantitative estimate of drug-likeness (QED) is 0.415. The van der Waals surface area contributed by atoms with Gasteiger partial charge in [0.25, 0.3) is 11.8 Å². The molecule has 3 amide bonds. The number of rotatable bonds is 5. The van der Waals surface area contributed by atoms with E-state index in [-0.39, 0.29) is 30.7 Å². The first-order valence-corrected chi connectivity index (χ1v) is 12.5. The Morgan fingerprint density at radius 3 is 2.47 bits per heavy atom. The van der Waals surface area contributed by atoms with Gasteiger partial charge in [-0.25, -0.2) is 0 Å². The second-order valence-corrected chi connectivity index (χ2v) is 9.66. The second kappa shape index (κ2) is 9.72. The van der Waals surface area contributed by atoms with Crippen molar-refractivity contribution in [3.05, 3.63) is 118 Å². The molecule has 0 saturated heterocycles. The fourth-order valence-corrected chi connectivity index (χ4v) is 5.05. The largest absolute Gasteiger partial charge is 0.323 e. The van der Waals surface area contributed by atoms with Crippen LogP contribution in [-0.2, 0) is 24.3 Å². The number of halogens is 1. The number of carbonyl (C=O) groups excluding carboxylic acids is 3. The molecule has 1 N–H and O–H groups in total. The van der Waals surface area contributed by atoms with Crippen LogP contribution in [0.3, 0.4) is 0 Å². The molecular formula is C29H22ClN5O3. The number of nitrogens with one attached hydrogen (secondary N) is 1. The summed E-state index contributed by atoms with van der Waals surface area (Å²) >= 11 is 6.15. The molecule has 0 fully saturated rings. The zero-order chi connectivity index (χ0) is 26.2. The summed E-state index contributed by atoms with van der Waals surface area (Å²) in [5, 5.41) is 3.30. The monoisotopic (exact) mass is 523 g/mol. The molecule has 0 bridgehead atoms. The Balaban J connectivity index is 1.30. The normalized spacial score (nSPS) is 16.7. The molecule has 0 spiro atoms. The molecule has 2 aromatic carbocycles. The molecule has 4 heterocycles. The van der Waals surface area contributed by atoms with Gasteiger partial charge < -0.3 is 15.1 Å². The molecule has 38 heavy (non-hydrogen) atoms. The zero-order valence-electron chi connectivity index (χ0n) is 20.2. The Kier molecular flexibility index (Phi) is 6.09. The molecule has 0 radical (unpaired) electrons. The highest BCUT2D eigenvalue weighted by Gasteiger charge is 2.36. The van der Waals surface area contributed by atoms with Gasteiger partial charge in [0.1, 0.15) is 11.7 Å². The number of carbonyl (C=O) groups is 3. The van der Waals surface area contributed by atoms with Crippen LogP contribution in [0.1, 0.15) is 37.7 Å². The van der Waals surface area contributed by atoms with E-state index in [4.69, 9.17) is 11.6 Å². The van der Waals surface area contributed by atoms with Crippen molar-refractivity contribution >= 4 is 40.7 Å².